The molecule has 1 aliphatic heterocycles. The first-order valence-corrected chi connectivity index (χ1v) is 8.60. The van der Waals surface area contributed by atoms with Gasteiger partial charge in [-0.15, -0.1) is 0 Å². The number of nitrogens with one attached hydrogen (secondary N) is 1. The number of imidazole rings is 1. The number of carbonyl (C=O) groups is 1. The molecule has 0 unspecified atom stereocenters. The van der Waals surface area contributed by atoms with Crippen molar-refractivity contribution in [3.63, 3.8) is 0 Å². The number of aryl methyl sites for hydroxylation is 1. The highest BCUT2D eigenvalue weighted by molar-refractivity contribution is 5.93. The van der Waals surface area contributed by atoms with Crippen LogP contribution in [-0.4, -0.2) is 46.4 Å². The van der Waals surface area contributed by atoms with Gasteiger partial charge in [0.1, 0.15) is 5.65 Å². The van der Waals surface area contributed by atoms with Crippen LogP contribution in [-0.2, 0) is 0 Å². The van der Waals surface area contributed by atoms with Crippen molar-refractivity contribution in [3.05, 3.63) is 35.5 Å². The summed E-state index contributed by atoms with van der Waals surface area (Å²) in [6, 6.07) is 5.30. The highest BCUT2D eigenvalue weighted by Crippen LogP contribution is 2.17. The lowest BCUT2D eigenvalue weighted by Gasteiger charge is -2.18. The normalized spacial score (nSPS) is 18.6. The van der Waals surface area contributed by atoms with Gasteiger partial charge in [0.25, 0.3) is 5.91 Å². The van der Waals surface area contributed by atoms with E-state index in [1.807, 2.05) is 0 Å². The van der Waals surface area contributed by atoms with Crippen molar-refractivity contribution < 1.29 is 9.18 Å². The number of pyridine rings is 1. The summed E-state index contributed by atoms with van der Waals surface area (Å²) in [5, 5.41) is 2.85. The van der Waals surface area contributed by atoms with Crippen LogP contribution in [0.3, 0.4) is 0 Å². The fraction of sp³-hybridized carbons (Fsp3) is 0.556. The summed E-state index contributed by atoms with van der Waals surface area (Å²) in [5.41, 5.74) is 1.06. The highest BCUT2D eigenvalue weighted by Gasteiger charge is 2.25. The van der Waals surface area contributed by atoms with Crippen LogP contribution < -0.4 is 5.32 Å². The first-order chi connectivity index (χ1) is 11.5. The summed E-state index contributed by atoms with van der Waals surface area (Å²) in [6.07, 6.45) is 1.07. The van der Waals surface area contributed by atoms with E-state index in [-0.39, 0.29) is 5.69 Å². The van der Waals surface area contributed by atoms with Gasteiger partial charge in [-0.2, -0.15) is 4.39 Å². The van der Waals surface area contributed by atoms with E-state index in [1.165, 1.54) is 4.40 Å². The third kappa shape index (κ3) is 3.43. The average Bonchev–Trinajstić information content (AvgIpc) is 3.10. The topological polar surface area (TPSA) is 49.6 Å². The summed E-state index contributed by atoms with van der Waals surface area (Å²) < 4.78 is 15.8. The molecule has 1 saturated heterocycles. The molecule has 1 amide bonds. The molecule has 0 aromatic carbocycles. The molecule has 3 rings (SSSR count). The molecule has 1 fully saturated rings. The van der Waals surface area contributed by atoms with Crippen LogP contribution in [0.2, 0.25) is 0 Å². The monoisotopic (exact) mass is 332 g/mol. The van der Waals surface area contributed by atoms with Crippen LogP contribution in [0.1, 0.15) is 36.5 Å². The molecule has 0 aliphatic carbocycles. The summed E-state index contributed by atoms with van der Waals surface area (Å²) in [4.78, 5) is 18.9. The predicted molar refractivity (Wildman–Crippen MR) is 91.6 cm³/mol. The van der Waals surface area contributed by atoms with E-state index in [0.717, 1.165) is 31.7 Å². The van der Waals surface area contributed by atoms with Crippen molar-refractivity contribution in [1.82, 2.24) is 19.6 Å². The second-order valence-corrected chi connectivity index (χ2v) is 7.13. The molecule has 2 aromatic heterocycles. The first kappa shape index (κ1) is 16.9. The van der Waals surface area contributed by atoms with Gasteiger partial charge in [0.15, 0.2) is 5.69 Å². The van der Waals surface area contributed by atoms with E-state index in [0.29, 0.717) is 24.0 Å². The maximum atomic E-state index is 14.5. The van der Waals surface area contributed by atoms with E-state index >= 15 is 0 Å². The van der Waals surface area contributed by atoms with E-state index in [9.17, 15) is 9.18 Å². The van der Waals surface area contributed by atoms with Crippen molar-refractivity contribution >= 4 is 11.6 Å². The molecule has 130 valence electrons. The highest BCUT2D eigenvalue weighted by atomic mass is 19.1. The van der Waals surface area contributed by atoms with Crippen molar-refractivity contribution in [2.24, 2.45) is 11.8 Å². The molecular weight excluding hydrogens is 307 g/mol. The van der Waals surface area contributed by atoms with E-state index in [2.05, 4.69) is 29.0 Å². The van der Waals surface area contributed by atoms with Crippen molar-refractivity contribution in [2.45, 2.75) is 27.2 Å². The Balaban J connectivity index is 1.62. The SMILES string of the molecule is Cc1cccc2nc(C(=O)NC[C@H]3CCN(CC(C)C)C3)c(F)n12. The number of amides is 1. The van der Waals surface area contributed by atoms with Gasteiger partial charge in [-0.05, 0) is 43.9 Å². The second kappa shape index (κ2) is 6.89. The van der Waals surface area contributed by atoms with Gasteiger partial charge < -0.3 is 10.2 Å². The minimum atomic E-state index is -0.589. The van der Waals surface area contributed by atoms with Gasteiger partial charge >= 0.3 is 0 Å². The third-order valence-electron chi connectivity index (χ3n) is 4.54. The number of fused-ring (bicyclic) bond motifs is 1. The van der Waals surface area contributed by atoms with E-state index < -0.39 is 11.9 Å². The maximum Gasteiger partial charge on any atom is 0.274 e. The summed E-state index contributed by atoms with van der Waals surface area (Å²) in [5.74, 6) is 0.0505. The molecule has 0 bridgehead atoms. The molecule has 6 heteroatoms. The van der Waals surface area contributed by atoms with Crippen LogP contribution in [0.15, 0.2) is 18.2 Å². The summed E-state index contributed by atoms with van der Waals surface area (Å²) in [6.45, 7) is 9.93. The number of nitrogens with zero attached hydrogens (tertiary/aromatic N) is 3. The Labute approximate surface area is 141 Å². The molecule has 1 aliphatic rings. The Hall–Kier alpha value is -1.95. The van der Waals surface area contributed by atoms with Crippen LogP contribution >= 0.6 is 0 Å². The minimum absolute atomic E-state index is 0.124. The molecule has 24 heavy (non-hydrogen) atoms. The van der Waals surface area contributed by atoms with E-state index in [1.54, 1.807) is 25.1 Å². The zero-order valence-corrected chi connectivity index (χ0v) is 14.6. The average molecular weight is 332 g/mol. The molecule has 0 saturated carbocycles. The molecule has 1 atom stereocenters. The molecule has 2 aromatic rings. The Morgan fingerprint density at radius 2 is 2.25 bits per heavy atom. The fourth-order valence-electron chi connectivity index (χ4n) is 3.44. The number of hydrogen-bond donors (Lipinski definition) is 1. The molecule has 0 radical (unpaired) electrons. The zero-order chi connectivity index (χ0) is 17.3. The van der Waals surface area contributed by atoms with Gasteiger partial charge in [-0.3, -0.25) is 9.20 Å². The van der Waals surface area contributed by atoms with Crippen LogP contribution in [0.25, 0.3) is 5.65 Å². The molecule has 5 nitrogen and oxygen atoms in total. The van der Waals surface area contributed by atoms with Crippen LogP contribution in [0.4, 0.5) is 4.39 Å². The van der Waals surface area contributed by atoms with Gasteiger partial charge in [-0.25, -0.2) is 4.98 Å². The Morgan fingerprint density at radius 1 is 1.46 bits per heavy atom. The Morgan fingerprint density at radius 3 is 2.96 bits per heavy atom. The first-order valence-electron chi connectivity index (χ1n) is 8.60. The van der Waals surface area contributed by atoms with E-state index in [4.69, 9.17) is 0 Å². The smallest absolute Gasteiger partial charge is 0.274 e. The summed E-state index contributed by atoms with van der Waals surface area (Å²) in [7, 11) is 0. The minimum Gasteiger partial charge on any atom is -0.350 e. The maximum absolute atomic E-state index is 14.5. The number of aromatic nitrogens is 2. The van der Waals surface area contributed by atoms with Gasteiger partial charge in [0, 0.05) is 25.3 Å². The fourth-order valence-corrected chi connectivity index (χ4v) is 3.44. The molecular formula is C18H25FN4O. The standard InChI is InChI=1S/C18H25FN4O/c1-12(2)10-22-8-7-14(11-22)9-20-18(24)16-17(19)23-13(3)5-4-6-15(23)21-16/h4-6,12,14H,7-11H2,1-3H3,(H,20,24)/t14-/m1/s1. The zero-order valence-electron chi connectivity index (χ0n) is 14.6. The Kier molecular flexibility index (Phi) is 4.85. The number of carbonyl (C=O) groups excluding carboxylic acids is 1. The van der Waals surface area contributed by atoms with Crippen LogP contribution in [0.5, 0.6) is 0 Å². The Bertz CT molecular complexity index is 740. The second-order valence-electron chi connectivity index (χ2n) is 7.13. The van der Waals surface area contributed by atoms with Crippen molar-refractivity contribution in [2.75, 3.05) is 26.2 Å². The van der Waals surface area contributed by atoms with Crippen molar-refractivity contribution in [1.29, 1.82) is 0 Å². The predicted octanol–water partition coefficient (Wildman–Crippen LogP) is 2.49. The molecule has 1 N–H and O–H groups in total. The van der Waals surface area contributed by atoms with Gasteiger partial charge in [0.05, 0.1) is 0 Å². The lowest BCUT2D eigenvalue weighted by atomic mass is 10.1. The van der Waals surface area contributed by atoms with Gasteiger partial charge in [0.2, 0.25) is 5.95 Å². The number of likely N-dealkylation sites (tertiary alicyclic amines) is 1. The number of hydrogen-bond acceptors (Lipinski definition) is 3. The number of halogens is 1. The lowest BCUT2D eigenvalue weighted by Crippen LogP contribution is -2.32. The number of rotatable bonds is 5. The third-order valence-corrected chi connectivity index (χ3v) is 4.54. The largest absolute Gasteiger partial charge is 0.350 e. The lowest BCUT2D eigenvalue weighted by molar-refractivity contribution is 0.0938. The molecule has 3 heterocycles. The molecule has 0 spiro atoms. The van der Waals surface area contributed by atoms with Crippen molar-refractivity contribution in [3.8, 4) is 0 Å². The van der Waals surface area contributed by atoms with Crippen LogP contribution in [0, 0.1) is 24.7 Å². The quantitative estimate of drug-likeness (QED) is 0.915. The summed E-state index contributed by atoms with van der Waals surface area (Å²) >= 11 is 0. The van der Waals surface area contributed by atoms with Gasteiger partial charge in [-0.1, -0.05) is 19.9 Å².